The minimum atomic E-state index is -0.757. The SMILES string of the molecule is Cc1nc(CN2C[C@@H](F)C[C@H]2CN(C)CC[C@@H]2CCOC2=O)cs1. The molecule has 0 spiro atoms. The molecular weight excluding hydrogens is 329 g/mol. The van der Waals surface area contributed by atoms with Crippen molar-refractivity contribution in [2.24, 2.45) is 5.92 Å². The molecule has 1 aromatic rings. The molecule has 2 aliphatic heterocycles. The normalized spacial score (nSPS) is 28.0. The predicted octanol–water partition coefficient (Wildman–Crippen LogP) is 2.25. The molecule has 3 rings (SSSR count). The maximum Gasteiger partial charge on any atom is 0.309 e. The average molecular weight is 355 g/mol. The second kappa shape index (κ2) is 7.89. The van der Waals surface area contributed by atoms with E-state index in [1.807, 2.05) is 6.92 Å². The first-order valence-electron chi connectivity index (χ1n) is 8.65. The second-order valence-corrected chi connectivity index (χ2v) is 8.04. The fourth-order valence-corrected chi connectivity index (χ4v) is 4.23. The number of ether oxygens (including phenoxy) is 1. The number of carbonyl (C=O) groups excluding carboxylic acids is 1. The van der Waals surface area contributed by atoms with Crippen LogP contribution in [0.25, 0.3) is 0 Å². The molecule has 5 nitrogen and oxygen atoms in total. The number of cyclic esters (lactones) is 1. The molecule has 3 heterocycles. The van der Waals surface area contributed by atoms with Gasteiger partial charge < -0.3 is 9.64 Å². The van der Waals surface area contributed by atoms with E-state index in [9.17, 15) is 9.18 Å². The molecule has 0 radical (unpaired) electrons. The number of halogens is 1. The molecule has 24 heavy (non-hydrogen) atoms. The van der Waals surface area contributed by atoms with E-state index < -0.39 is 6.17 Å². The lowest BCUT2D eigenvalue weighted by Crippen LogP contribution is -2.39. The molecule has 2 aliphatic rings. The van der Waals surface area contributed by atoms with E-state index in [1.54, 1.807) is 11.3 Å². The Morgan fingerprint density at radius 1 is 1.54 bits per heavy atom. The van der Waals surface area contributed by atoms with Gasteiger partial charge in [0.25, 0.3) is 0 Å². The number of likely N-dealkylation sites (tertiary alicyclic amines) is 1. The number of esters is 1. The topological polar surface area (TPSA) is 45.7 Å². The number of thiazole rings is 1. The van der Waals surface area contributed by atoms with Crippen LogP contribution in [0.2, 0.25) is 0 Å². The van der Waals surface area contributed by atoms with Crippen LogP contribution in [0.3, 0.4) is 0 Å². The van der Waals surface area contributed by atoms with Gasteiger partial charge in [0.2, 0.25) is 0 Å². The molecule has 0 aromatic carbocycles. The first-order chi connectivity index (χ1) is 11.5. The van der Waals surface area contributed by atoms with Gasteiger partial charge in [0.1, 0.15) is 6.17 Å². The average Bonchev–Trinajstić information content (AvgIpc) is 3.20. The number of rotatable bonds is 7. The van der Waals surface area contributed by atoms with E-state index in [1.165, 1.54) is 0 Å². The van der Waals surface area contributed by atoms with E-state index in [0.717, 1.165) is 43.2 Å². The van der Waals surface area contributed by atoms with Crippen LogP contribution in [0.1, 0.15) is 30.0 Å². The largest absolute Gasteiger partial charge is 0.465 e. The van der Waals surface area contributed by atoms with Gasteiger partial charge >= 0.3 is 5.97 Å². The third kappa shape index (κ3) is 4.52. The first kappa shape index (κ1) is 17.8. The molecule has 0 unspecified atom stereocenters. The van der Waals surface area contributed by atoms with Crippen LogP contribution in [0.4, 0.5) is 4.39 Å². The number of aryl methyl sites for hydroxylation is 1. The number of aromatic nitrogens is 1. The van der Waals surface area contributed by atoms with E-state index in [2.05, 4.69) is 27.2 Å². The fraction of sp³-hybridized carbons (Fsp3) is 0.765. The van der Waals surface area contributed by atoms with Crippen LogP contribution in [0.15, 0.2) is 5.38 Å². The number of hydrogen-bond donors (Lipinski definition) is 0. The maximum atomic E-state index is 13.9. The number of nitrogens with zero attached hydrogens (tertiary/aromatic N) is 3. The van der Waals surface area contributed by atoms with Gasteiger partial charge in [-0.05, 0) is 39.8 Å². The summed E-state index contributed by atoms with van der Waals surface area (Å²) in [5.74, 6) is -0.0207. The Hall–Kier alpha value is -1.05. The van der Waals surface area contributed by atoms with Gasteiger partial charge in [0, 0.05) is 31.1 Å². The standard InChI is InChI=1S/C17H26FN3O2S/c1-12-19-15(11-24-12)9-21-8-14(18)7-16(21)10-20(2)5-3-13-4-6-23-17(13)22/h11,13-14,16H,3-10H2,1-2H3/t13-,14+,16+/m1/s1. The molecule has 2 saturated heterocycles. The van der Waals surface area contributed by atoms with Crippen molar-refractivity contribution in [1.29, 1.82) is 0 Å². The van der Waals surface area contributed by atoms with Crippen molar-refractivity contribution in [3.05, 3.63) is 16.1 Å². The Morgan fingerprint density at radius 2 is 2.38 bits per heavy atom. The number of hydrogen-bond acceptors (Lipinski definition) is 6. The molecule has 0 bridgehead atoms. The Bertz CT molecular complexity index is 568. The van der Waals surface area contributed by atoms with Crippen LogP contribution in [-0.2, 0) is 16.1 Å². The number of carbonyl (C=O) groups is 1. The number of alkyl halides is 1. The lowest BCUT2D eigenvalue weighted by Gasteiger charge is -2.28. The van der Waals surface area contributed by atoms with E-state index >= 15 is 0 Å². The second-order valence-electron chi connectivity index (χ2n) is 6.98. The van der Waals surface area contributed by atoms with Gasteiger partial charge in [0.15, 0.2) is 0 Å². The third-order valence-corrected chi connectivity index (χ3v) is 5.76. The lowest BCUT2D eigenvalue weighted by molar-refractivity contribution is -0.141. The van der Waals surface area contributed by atoms with Crippen molar-refractivity contribution in [2.45, 2.75) is 44.9 Å². The molecule has 0 amide bonds. The summed E-state index contributed by atoms with van der Waals surface area (Å²) in [6, 6.07) is 0.211. The minimum absolute atomic E-state index is 0.0408. The van der Waals surface area contributed by atoms with Crippen LogP contribution in [0.5, 0.6) is 0 Å². The van der Waals surface area contributed by atoms with Gasteiger partial charge in [-0.2, -0.15) is 0 Å². The summed E-state index contributed by atoms with van der Waals surface area (Å²) >= 11 is 1.64. The lowest BCUT2D eigenvalue weighted by atomic mass is 10.0. The van der Waals surface area contributed by atoms with E-state index in [-0.39, 0.29) is 17.9 Å². The van der Waals surface area contributed by atoms with Crippen LogP contribution < -0.4 is 0 Å². The third-order valence-electron chi connectivity index (χ3n) is 4.93. The van der Waals surface area contributed by atoms with Gasteiger partial charge in [-0.3, -0.25) is 9.69 Å². The van der Waals surface area contributed by atoms with E-state index in [4.69, 9.17) is 4.74 Å². The molecule has 0 saturated carbocycles. The highest BCUT2D eigenvalue weighted by atomic mass is 32.1. The Labute approximate surface area is 146 Å². The number of likely N-dealkylation sites (N-methyl/N-ethyl adjacent to an activating group) is 1. The van der Waals surface area contributed by atoms with Gasteiger partial charge in [-0.15, -0.1) is 11.3 Å². The zero-order valence-electron chi connectivity index (χ0n) is 14.4. The molecule has 1 aromatic heterocycles. The molecule has 2 fully saturated rings. The fourth-order valence-electron chi connectivity index (χ4n) is 3.62. The smallest absolute Gasteiger partial charge is 0.309 e. The van der Waals surface area contributed by atoms with Crippen LogP contribution >= 0.6 is 11.3 Å². The van der Waals surface area contributed by atoms with Gasteiger partial charge in [-0.1, -0.05) is 0 Å². The van der Waals surface area contributed by atoms with Crippen molar-refractivity contribution < 1.29 is 13.9 Å². The Balaban J connectivity index is 1.49. The predicted molar refractivity (Wildman–Crippen MR) is 91.7 cm³/mol. The summed E-state index contributed by atoms with van der Waals surface area (Å²) in [5.41, 5.74) is 1.04. The first-order valence-corrected chi connectivity index (χ1v) is 9.53. The summed E-state index contributed by atoms with van der Waals surface area (Å²) in [5, 5.41) is 3.12. The van der Waals surface area contributed by atoms with Crippen molar-refractivity contribution in [1.82, 2.24) is 14.8 Å². The van der Waals surface area contributed by atoms with Gasteiger partial charge in [-0.25, -0.2) is 9.37 Å². The summed E-state index contributed by atoms with van der Waals surface area (Å²) in [6.45, 7) is 5.43. The van der Waals surface area contributed by atoms with Crippen molar-refractivity contribution in [3.63, 3.8) is 0 Å². The quantitative estimate of drug-likeness (QED) is 0.702. The van der Waals surface area contributed by atoms with Gasteiger partial charge in [0.05, 0.1) is 23.2 Å². The maximum absolute atomic E-state index is 13.9. The van der Waals surface area contributed by atoms with Crippen LogP contribution in [0, 0.1) is 12.8 Å². The van der Waals surface area contributed by atoms with Crippen molar-refractivity contribution >= 4 is 17.3 Å². The molecule has 0 aliphatic carbocycles. The Kier molecular flexibility index (Phi) is 5.84. The molecular formula is C17H26FN3O2S. The van der Waals surface area contributed by atoms with Crippen molar-refractivity contribution in [3.8, 4) is 0 Å². The highest BCUT2D eigenvalue weighted by Gasteiger charge is 2.33. The highest BCUT2D eigenvalue weighted by Crippen LogP contribution is 2.24. The zero-order valence-corrected chi connectivity index (χ0v) is 15.2. The van der Waals surface area contributed by atoms with E-state index in [0.29, 0.717) is 19.6 Å². The minimum Gasteiger partial charge on any atom is -0.465 e. The molecule has 3 atom stereocenters. The summed E-state index contributed by atoms with van der Waals surface area (Å²) in [7, 11) is 2.05. The molecule has 134 valence electrons. The summed E-state index contributed by atoms with van der Waals surface area (Å²) in [6.07, 6.45) is 1.48. The monoisotopic (exact) mass is 355 g/mol. The molecule has 0 N–H and O–H groups in total. The summed E-state index contributed by atoms with van der Waals surface area (Å²) in [4.78, 5) is 20.4. The highest BCUT2D eigenvalue weighted by molar-refractivity contribution is 7.09. The Morgan fingerprint density at radius 3 is 3.04 bits per heavy atom. The van der Waals surface area contributed by atoms with Crippen molar-refractivity contribution in [2.75, 3.05) is 33.3 Å². The zero-order chi connectivity index (χ0) is 17.1. The van der Waals surface area contributed by atoms with Crippen LogP contribution in [-0.4, -0.2) is 66.3 Å². The summed E-state index contributed by atoms with van der Waals surface area (Å²) < 4.78 is 18.9. The molecule has 7 heteroatoms.